The zero-order chi connectivity index (χ0) is 13.8. The van der Waals surface area contributed by atoms with Crippen molar-refractivity contribution >= 4 is 0 Å². The minimum Gasteiger partial charge on any atom is -0.378 e. The van der Waals surface area contributed by atoms with Crippen LogP contribution in [0.3, 0.4) is 0 Å². The predicted octanol–water partition coefficient (Wildman–Crippen LogP) is 2.55. The van der Waals surface area contributed by atoms with Gasteiger partial charge in [-0.3, -0.25) is 0 Å². The van der Waals surface area contributed by atoms with E-state index in [2.05, 4.69) is 6.92 Å². The van der Waals surface area contributed by atoms with Gasteiger partial charge in [0.2, 0.25) is 0 Å². The first-order chi connectivity index (χ1) is 9.79. The third-order valence-electron chi connectivity index (χ3n) is 5.07. The second-order valence-corrected chi connectivity index (χ2v) is 6.66. The molecule has 0 saturated carbocycles. The maximum Gasteiger partial charge on any atom is 0.0809 e. The maximum atomic E-state index is 6.02. The lowest BCUT2D eigenvalue weighted by Crippen LogP contribution is -2.46. The molecule has 3 fully saturated rings. The second-order valence-electron chi connectivity index (χ2n) is 6.66. The van der Waals surface area contributed by atoms with Crippen molar-refractivity contribution in [2.45, 2.75) is 63.8 Å². The molecule has 3 heterocycles. The molecule has 20 heavy (non-hydrogen) atoms. The highest BCUT2D eigenvalue weighted by Gasteiger charge is 2.46. The lowest BCUT2D eigenvalue weighted by molar-refractivity contribution is -0.124. The van der Waals surface area contributed by atoms with Crippen molar-refractivity contribution in [3.8, 4) is 0 Å². The zero-order valence-electron chi connectivity index (χ0n) is 12.6. The van der Waals surface area contributed by atoms with E-state index in [0.29, 0.717) is 6.10 Å². The highest BCUT2D eigenvalue weighted by atomic mass is 16.5. The molecule has 0 amide bonds. The van der Waals surface area contributed by atoms with Gasteiger partial charge in [0.15, 0.2) is 0 Å². The fraction of sp³-hybridized carbons (Fsp3) is 1.00. The molecule has 3 aliphatic heterocycles. The molecule has 0 radical (unpaired) electrons. The summed E-state index contributed by atoms with van der Waals surface area (Å²) in [5.41, 5.74) is -0.00833. The summed E-state index contributed by atoms with van der Waals surface area (Å²) in [6.45, 7) is 6.39. The Balaban J connectivity index is 1.56. The molecule has 0 aromatic carbocycles. The van der Waals surface area contributed by atoms with E-state index in [1.165, 1.54) is 19.3 Å². The molecule has 4 nitrogen and oxygen atoms in total. The summed E-state index contributed by atoms with van der Waals surface area (Å²) in [6, 6.07) is 0. The zero-order valence-corrected chi connectivity index (χ0v) is 12.6. The van der Waals surface area contributed by atoms with Crippen molar-refractivity contribution in [1.29, 1.82) is 0 Å². The van der Waals surface area contributed by atoms with Gasteiger partial charge in [-0.05, 0) is 38.5 Å². The van der Waals surface area contributed by atoms with Crippen molar-refractivity contribution in [3.05, 3.63) is 0 Å². The molecule has 116 valence electrons. The third-order valence-corrected chi connectivity index (χ3v) is 5.07. The van der Waals surface area contributed by atoms with Gasteiger partial charge >= 0.3 is 0 Å². The molecule has 0 aliphatic carbocycles. The van der Waals surface area contributed by atoms with Gasteiger partial charge in [-0.25, -0.2) is 0 Å². The smallest absolute Gasteiger partial charge is 0.0809 e. The Hall–Kier alpha value is -0.160. The maximum absolute atomic E-state index is 6.02. The van der Waals surface area contributed by atoms with Crippen LogP contribution in [0.5, 0.6) is 0 Å². The summed E-state index contributed by atoms with van der Waals surface area (Å²) >= 11 is 0. The molecule has 3 aliphatic rings. The molecule has 0 aromatic rings. The van der Waals surface area contributed by atoms with E-state index in [0.717, 1.165) is 52.3 Å². The van der Waals surface area contributed by atoms with Crippen LogP contribution < -0.4 is 0 Å². The number of rotatable bonds is 6. The Morgan fingerprint density at radius 2 is 1.50 bits per heavy atom. The van der Waals surface area contributed by atoms with Crippen LogP contribution in [-0.2, 0) is 18.9 Å². The molecular formula is C16H28O4. The van der Waals surface area contributed by atoms with Gasteiger partial charge in [0.1, 0.15) is 0 Å². The molecule has 0 bridgehead atoms. The quantitative estimate of drug-likeness (QED) is 0.751. The summed E-state index contributed by atoms with van der Waals surface area (Å²) in [5, 5.41) is 0. The number of hydrogen-bond acceptors (Lipinski definition) is 4. The molecule has 3 atom stereocenters. The molecular weight excluding hydrogens is 256 g/mol. The van der Waals surface area contributed by atoms with Crippen LogP contribution in [0.4, 0.5) is 0 Å². The minimum absolute atomic E-state index is 0.00833. The summed E-state index contributed by atoms with van der Waals surface area (Å²) in [6.07, 6.45) is 7.79. The Morgan fingerprint density at radius 3 is 2.00 bits per heavy atom. The van der Waals surface area contributed by atoms with Crippen molar-refractivity contribution in [1.82, 2.24) is 0 Å². The van der Waals surface area contributed by atoms with E-state index in [1.54, 1.807) is 0 Å². The standard InChI is InChI=1S/C16H28O4/c1-16(14-6-3-9-19-14,15-7-4-10-20-15)12-17-11-13-5-2-8-18-13/h13-15H,2-12H2,1H3. The third kappa shape index (κ3) is 3.19. The minimum atomic E-state index is -0.00833. The molecule has 0 N–H and O–H groups in total. The molecule has 3 saturated heterocycles. The summed E-state index contributed by atoms with van der Waals surface area (Å²) in [7, 11) is 0. The van der Waals surface area contributed by atoms with Gasteiger partial charge < -0.3 is 18.9 Å². The number of ether oxygens (including phenoxy) is 4. The Morgan fingerprint density at radius 1 is 0.900 bits per heavy atom. The molecule has 4 heteroatoms. The highest BCUT2D eigenvalue weighted by molar-refractivity contribution is 4.94. The van der Waals surface area contributed by atoms with Gasteiger partial charge in [0.05, 0.1) is 31.5 Å². The first-order valence-corrected chi connectivity index (χ1v) is 8.21. The Bertz CT molecular complexity index is 273. The van der Waals surface area contributed by atoms with E-state index in [4.69, 9.17) is 18.9 Å². The van der Waals surface area contributed by atoms with Crippen LogP contribution in [0.2, 0.25) is 0 Å². The van der Waals surface area contributed by atoms with Gasteiger partial charge in [0, 0.05) is 25.2 Å². The van der Waals surface area contributed by atoms with Gasteiger partial charge in [-0.15, -0.1) is 0 Å². The van der Waals surface area contributed by atoms with Gasteiger partial charge in [-0.2, -0.15) is 0 Å². The average molecular weight is 284 g/mol. The second kappa shape index (κ2) is 6.73. The lowest BCUT2D eigenvalue weighted by Gasteiger charge is -2.39. The predicted molar refractivity (Wildman–Crippen MR) is 75.8 cm³/mol. The van der Waals surface area contributed by atoms with Crippen LogP contribution in [0, 0.1) is 5.41 Å². The van der Waals surface area contributed by atoms with E-state index in [-0.39, 0.29) is 17.6 Å². The average Bonchev–Trinajstić information content (AvgIpc) is 3.20. The van der Waals surface area contributed by atoms with Crippen LogP contribution in [-0.4, -0.2) is 51.3 Å². The largest absolute Gasteiger partial charge is 0.378 e. The monoisotopic (exact) mass is 284 g/mol. The fourth-order valence-electron chi connectivity index (χ4n) is 3.77. The van der Waals surface area contributed by atoms with E-state index in [1.807, 2.05) is 0 Å². The van der Waals surface area contributed by atoms with E-state index in [9.17, 15) is 0 Å². The van der Waals surface area contributed by atoms with Crippen LogP contribution >= 0.6 is 0 Å². The van der Waals surface area contributed by atoms with Crippen LogP contribution in [0.15, 0.2) is 0 Å². The Kier molecular flexibility index (Phi) is 4.97. The number of hydrogen-bond donors (Lipinski definition) is 0. The van der Waals surface area contributed by atoms with Crippen molar-refractivity contribution in [2.75, 3.05) is 33.0 Å². The Labute approximate surface area is 122 Å². The van der Waals surface area contributed by atoms with Crippen molar-refractivity contribution in [2.24, 2.45) is 5.41 Å². The SMILES string of the molecule is CC(COCC1CCCO1)(C1CCCO1)C1CCCO1. The summed E-state index contributed by atoms with van der Waals surface area (Å²) in [4.78, 5) is 0. The van der Waals surface area contributed by atoms with Gasteiger partial charge in [-0.1, -0.05) is 6.92 Å². The van der Waals surface area contributed by atoms with Crippen molar-refractivity contribution in [3.63, 3.8) is 0 Å². The first-order valence-electron chi connectivity index (χ1n) is 8.21. The normalized spacial score (nSPS) is 37.4. The van der Waals surface area contributed by atoms with Gasteiger partial charge in [0.25, 0.3) is 0 Å². The first kappa shape index (κ1) is 14.8. The van der Waals surface area contributed by atoms with Crippen molar-refractivity contribution < 1.29 is 18.9 Å². The summed E-state index contributed by atoms with van der Waals surface area (Å²) < 4.78 is 23.6. The topological polar surface area (TPSA) is 36.9 Å². The summed E-state index contributed by atoms with van der Waals surface area (Å²) in [5.74, 6) is 0. The lowest BCUT2D eigenvalue weighted by atomic mass is 9.77. The van der Waals surface area contributed by atoms with Crippen LogP contribution in [0.1, 0.15) is 45.4 Å². The highest BCUT2D eigenvalue weighted by Crippen LogP contribution is 2.40. The van der Waals surface area contributed by atoms with E-state index < -0.39 is 0 Å². The molecule has 3 rings (SSSR count). The molecule has 0 aromatic heterocycles. The van der Waals surface area contributed by atoms with E-state index >= 15 is 0 Å². The molecule has 3 unspecified atom stereocenters. The fourth-order valence-corrected chi connectivity index (χ4v) is 3.77. The van der Waals surface area contributed by atoms with Crippen LogP contribution in [0.25, 0.3) is 0 Å². The molecule has 0 spiro atoms.